The molecule has 1 aliphatic heterocycles. The van der Waals surface area contributed by atoms with Gasteiger partial charge in [-0.25, -0.2) is 23.7 Å². The van der Waals surface area contributed by atoms with Crippen LogP contribution in [0.15, 0.2) is 42.8 Å². The summed E-state index contributed by atoms with van der Waals surface area (Å²) in [6.45, 7) is 4.96. The number of amides is 1. The molecule has 10 heteroatoms. The predicted molar refractivity (Wildman–Crippen MR) is 114 cm³/mol. The molecule has 1 aromatic carbocycles. The van der Waals surface area contributed by atoms with Gasteiger partial charge in [0, 0.05) is 37.2 Å². The summed E-state index contributed by atoms with van der Waals surface area (Å²) in [5.41, 5.74) is 3.16. The number of aromatic amines is 1. The van der Waals surface area contributed by atoms with Crippen molar-refractivity contribution in [2.75, 3.05) is 25.0 Å². The first-order valence-electron chi connectivity index (χ1n) is 10.2. The number of benzene rings is 1. The van der Waals surface area contributed by atoms with Crippen molar-refractivity contribution >= 4 is 28.5 Å². The summed E-state index contributed by atoms with van der Waals surface area (Å²) in [6.07, 6.45) is 4.25. The second-order valence-electron chi connectivity index (χ2n) is 7.75. The number of likely N-dealkylation sites (tertiary alicyclic amines) is 1. The zero-order chi connectivity index (χ0) is 22.2. The maximum absolute atomic E-state index is 13.7. The van der Waals surface area contributed by atoms with E-state index >= 15 is 0 Å². The number of carbonyl (C=O) groups excluding carboxylic acids is 1. The van der Waals surface area contributed by atoms with E-state index in [0.717, 1.165) is 29.7 Å². The minimum atomic E-state index is -0.734. The van der Waals surface area contributed by atoms with Crippen LogP contribution in [0.1, 0.15) is 18.7 Å². The first-order chi connectivity index (χ1) is 15.5. The highest BCUT2D eigenvalue weighted by Gasteiger charge is 2.29. The number of fused-ring (bicyclic) bond motifs is 1. The lowest BCUT2D eigenvalue weighted by Gasteiger charge is -2.15. The lowest BCUT2D eigenvalue weighted by molar-refractivity contribution is -0.125. The molecule has 2 aromatic heterocycles. The first-order valence-corrected chi connectivity index (χ1v) is 10.2. The molecule has 1 amide bonds. The summed E-state index contributed by atoms with van der Waals surface area (Å²) >= 11 is 0. The summed E-state index contributed by atoms with van der Waals surface area (Å²) in [6, 6.07) is 3.29. The second-order valence-corrected chi connectivity index (χ2v) is 7.75. The SMILES string of the molecule is C=CC(=O)N1CCC(Nc2ncnc3nc(C4=C(COc5ccc(F)cc5F)C4)[nH]c23)C1. The van der Waals surface area contributed by atoms with Gasteiger partial charge in [-0.1, -0.05) is 6.58 Å². The first kappa shape index (κ1) is 20.1. The zero-order valence-corrected chi connectivity index (χ0v) is 17.1. The summed E-state index contributed by atoms with van der Waals surface area (Å²) in [4.78, 5) is 29.9. The topological polar surface area (TPSA) is 96.0 Å². The van der Waals surface area contributed by atoms with E-state index in [1.807, 2.05) is 0 Å². The third kappa shape index (κ3) is 3.91. The van der Waals surface area contributed by atoms with Gasteiger partial charge in [0.15, 0.2) is 23.0 Å². The van der Waals surface area contributed by atoms with Gasteiger partial charge in [-0.2, -0.15) is 0 Å². The molecule has 0 saturated carbocycles. The van der Waals surface area contributed by atoms with Crippen LogP contribution in [0.2, 0.25) is 0 Å². The van der Waals surface area contributed by atoms with Crippen molar-refractivity contribution in [1.82, 2.24) is 24.8 Å². The van der Waals surface area contributed by atoms with E-state index in [0.29, 0.717) is 42.3 Å². The molecule has 1 saturated heterocycles. The highest BCUT2D eigenvalue weighted by atomic mass is 19.1. The zero-order valence-electron chi connectivity index (χ0n) is 17.1. The number of hydrogen-bond acceptors (Lipinski definition) is 6. The monoisotopic (exact) mass is 438 g/mol. The van der Waals surface area contributed by atoms with Gasteiger partial charge in [-0.3, -0.25) is 4.79 Å². The molecule has 0 radical (unpaired) electrons. The van der Waals surface area contributed by atoms with Crippen LogP contribution >= 0.6 is 0 Å². The van der Waals surface area contributed by atoms with E-state index in [-0.39, 0.29) is 24.3 Å². The number of imidazole rings is 1. The molecule has 2 aliphatic rings. The molecule has 32 heavy (non-hydrogen) atoms. The number of anilines is 1. The maximum Gasteiger partial charge on any atom is 0.246 e. The van der Waals surface area contributed by atoms with Crippen molar-refractivity contribution in [1.29, 1.82) is 0 Å². The number of halogens is 2. The van der Waals surface area contributed by atoms with Crippen molar-refractivity contribution < 1.29 is 18.3 Å². The van der Waals surface area contributed by atoms with Crippen LogP contribution in [-0.2, 0) is 4.79 Å². The number of rotatable bonds is 7. The lowest BCUT2D eigenvalue weighted by Crippen LogP contribution is -2.30. The van der Waals surface area contributed by atoms with Crippen LogP contribution in [-0.4, -0.2) is 56.5 Å². The van der Waals surface area contributed by atoms with Crippen LogP contribution in [0.25, 0.3) is 16.7 Å². The van der Waals surface area contributed by atoms with Gasteiger partial charge in [0.1, 0.15) is 30.1 Å². The van der Waals surface area contributed by atoms with E-state index in [9.17, 15) is 13.6 Å². The van der Waals surface area contributed by atoms with Crippen LogP contribution < -0.4 is 10.1 Å². The minimum absolute atomic E-state index is 0.00709. The van der Waals surface area contributed by atoms with Crippen molar-refractivity contribution in [3.8, 4) is 5.75 Å². The molecular weight excluding hydrogens is 418 g/mol. The normalized spacial score (nSPS) is 17.7. The fourth-order valence-corrected chi connectivity index (χ4v) is 3.80. The predicted octanol–water partition coefficient (Wildman–Crippen LogP) is 3.07. The number of carbonyl (C=O) groups is 1. The van der Waals surface area contributed by atoms with E-state index in [1.165, 1.54) is 18.5 Å². The van der Waals surface area contributed by atoms with Gasteiger partial charge in [0.25, 0.3) is 0 Å². The van der Waals surface area contributed by atoms with Gasteiger partial charge < -0.3 is 19.9 Å². The fraction of sp³-hybridized carbons (Fsp3) is 0.273. The van der Waals surface area contributed by atoms with Crippen LogP contribution in [0.5, 0.6) is 5.75 Å². The molecule has 8 nitrogen and oxygen atoms in total. The molecule has 1 fully saturated rings. The number of aromatic nitrogens is 4. The molecule has 3 aromatic rings. The van der Waals surface area contributed by atoms with Gasteiger partial charge in [-0.15, -0.1) is 0 Å². The molecule has 164 valence electrons. The smallest absolute Gasteiger partial charge is 0.246 e. The van der Waals surface area contributed by atoms with E-state index < -0.39 is 11.6 Å². The summed E-state index contributed by atoms with van der Waals surface area (Å²) in [5.74, 6) is -0.167. The fourth-order valence-electron chi connectivity index (χ4n) is 3.80. The Morgan fingerprint density at radius 1 is 1.38 bits per heavy atom. The minimum Gasteiger partial charge on any atom is -0.486 e. The van der Waals surface area contributed by atoms with Gasteiger partial charge in [-0.05, 0) is 30.2 Å². The largest absolute Gasteiger partial charge is 0.486 e. The molecule has 3 heterocycles. The van der Waals surface area contributed by atoms with Crippen LogP contribution in [0.4, 0.5) is 14.6 Å². The van der Waals surface area contributed by atoms with Crippen LogP contribution in [0, 0.1) is 11.6 Å². The van der Waals surface area contributed by atoms with Crippen molar-refractivity contribution in [3.63, 3.8) is 0 Å². The van der Waals surface area contributed by atoms with Gasteiger partial charge in [0.05, 0.1) is 0 Å². The van der Waals surface area contributed by atoms with Crippen LogP contribution in [0.3, 0.4) is 0 Å². The molecular formula is C22H20F2N6O2. The second kappa shape index (κ2) is 8.03. The van der Waals surface area contributed by atoms with Gasteiger partial charge >= 0.3 is 0 Å². The summed E-state index contributed by atoms with van der Waals surface area (Å²) in [7, 11) is 0. The van der Waals surface area contributed by atoms with Gasteiger partial charge in [0.2, 0.25) is 5.91 Å². The standard InChI is InChI=1S/C22H20F2N6O2/c1-2-18(31)30-6-5-14(9-30)27-21-19-22(26-11-25-21)29-20(28-19)15-7-12(15)10-32-17-4-3-13(23)8-16(17)24/h2-4,8,11,14H,1,5-7,9-10H2,(H2,25,26,27,28,29). The Labute approximate surface area is 182 Å². The number of nitrogens with zero attached hydrogens (tertiary/aromatic N) is 4. The Morgan fingerprint density at radius 3 is 3.06 bits per heavy atom. The Kier molecular flexibility index (Phi) is 5.04. The number of H-pyrrole nitrogens is 1. The molecule has 0 spiro atoms. The Morgan fingerprint density at radius 2 is 2.25 bits per heavy atom. The number of nitrogens with one attached hydrogen (secondary N) is 2. The number of allylic oxidation sites excluding steroid dienone is 1. The molecule has 1 aliphatic carbocycles. The Bertz CT molecular complexity index is 1250. The molecule has 0 bridgehead atoms. The highest BCUT2D eigenvalue weighted by molar-refractivity contribution is 5.89. The number of hydrogen-bond donors (Lipinski definition) is 2. The van der Waals surface area contributed by atoms with Crippen molar-refractivity contribution in [2.45, 2.75) is 18.9 Å². The summed E-state index contributed by atoms with van der Waals surface area (Å²) < 4.78 is 32.2. The average molecular weight is 438 g/mol. The molecule has 1 atom stereocenters. The molecule has 5 rings (SSSR count). The number of ether oxygens (including phenoxy) is 1. The molecule has 2 N–H and O–H groups in total. The quantitative estimate of drug-likeness (QED) is 0.551. The maximum atomic E-state index is 13.7. The third-order valence-electron chi connectivity index (χ3n) is 5.58. The average Bonchev–Trinajstić information content (AvgIpc) is 3.18. The van der Waals surface area contributed by atoms with E-state index in [2.05, 4.69) is 31.8 Å². The van der Waals surface area contributed by atoms with Crippen molar-refractivity contribution in [2.24, 2.45) is 0 Å². The molecule has 1 unspecified atom stereocenters. The highest BCUT2D eigenvalue weighted by Crippen LogP contribution is 2.40. The van der Waals surface area contributed by atoms with E-state index in [1.54, 1.807) is 4.90 Å². The van der Waals surface area contributed by atoms with E-state index in [4.69, 9.17) is 4.74 Å². The Hall–Kier alpha value is -3.82. The lowest BCUT2D eigenvalue weighted by atomic mass is 10.2. The third-order valence-corrected chi connectivity index (χ3v) is 5.58. The summed E-state index contributed by atoms with van der Waals surface area (Å²) in [5, 5.41) is 3.37. The van der Waals surface area contributed by atoms with Crippen molar-refractivity contribution in [3.05, 3.63) is 60.2 Å². The Balaban J connectivity index is 1.29.